The molecule has 0 saturated heterocycles. The molecule has 0 aliphatic heterocycles. The van der Waals surface area contributed by atoms with E-state index >= 15 is 0 Å². The largest absolute Gasteiger partial charge is 0.383 e. The van der Waals surface area contributed by atoms with Gasteiger partial charge in [0.1, 0.15) is 5.60 Å². The van der Waals surface area contributed by atoms with Gasteiger partial charge in [0, 0.05) is 16.1 Å². The summed E-state index contributed by atoms with van der Waals surface area (Å²) in [5, 5.41) is 11.6. The molecule has 2 N–H and O–H groups in total. The summed E-state index contributed by atoms with van der Waals surface area (Å²) in [7, 11) is -4.08. The Labute approximate surface area is 147 Å². The fraction of sp³-hybridized carbons (Fsp3) is 0.176. The standard InChI is InChI=1S/C17H15F2NO3S2/c1-17(21,16-8-11-4-2-3-5-15(11)24-16)10-20-25(22,23)12-6-7-13(18)14(19)9-12/h2-9,20-21H,10H2,1H3. The smallest absolute Gasteiger partial charge is 0.240 e. The summed E-state index contributed by atoms with van der Waals surface area (Å²) in [6.45, 7) is 1.19. The molecule has 1 aromatic heterocycles. The van der Waals surface area contributed by atoms with E-state index in [1.54, 1.807) is 6.07 Å². The second-order valence-electron chi connectivity index (χ2n) is 5.82. The third-order valence-electron chi connectivity index (χ3n) is 3.76. The van der Waals surface area contributed by atoms with Crippen LogP contribution in [-0.4, -0.2) is 20.1 Å². The van der Waals surface area contributed by atoms with Crippen molar-refractivity contribution in [1.82, 2.24) is 4.72 Å². The quantitative estimate of drug-likeness (QED) is 0.710. The SMILES string of the molecule is CC(O)(CNS(=O)(=O)c1ccc(F)c(F)c1)c1cc2ccccc2s1. The van der Waals surface area contributed by atoms with Crippen molar-refractivity contribution in [3.63, 3.8) is 0 Å². The van der Waals surface area contributed by atoms with Gasteiger partial charge < -0.3 is 5.11 Å². The fourth-order valence-corrected chi connectivity index (χ4v) is 4.55. The van der Waals surface area contributed by atoms with Gasteiger partial charge in [-0.3, -0.25) is 0 Å². The van der Waals surface area contributed by atoms with Crippen LogP contribution in [0.3, 0.4) is 0 Å². The maximum absolute atomic E-state index is 13.3. The number of hydrogen-bond acceptors (Lipinski definition) is 4. The van der Waals surface area contributed by atoms with Crippen LogP contribution in [0.4, 0.5) is 8.78 Å². The lowest BCUT2D eigenvalue weighted by Gasteiger charge is -2.22. The number of thiophene rings is 1. The van der Waals surface area contributed by atoms with E-state index in [9.17, 15) is 22.3 Å². The zero-order valence-corrected chi connectivity index (χ0v) is 14.8. The minimum absolute atomic E-state index is 0.304. The van der Waals surface area contributed by atoms with Crippen molar-refractivity contribution >= 4 is 31.4 Å². The van der Waals surface area contributed by atoms with Crippen LogP contribution in [0.25, 0.3) is 10.1 Å². The van der Waals surface area contributed by atoms with E-state index in [1.807, 2.05) is 24.3 Å². The van der Waals surface area contributed by atoms with E-state index in [-0.39, 0.29) is 6.54 Å². The minimum atomic E-state index is -4.08. The van der Waals surface area contributed by atoms with Crippen molar-refractivity contribution in [2.45, 2.75) is 17.4 Å². The lowest BCUT2D eigenvalue weighted by molar-refractivity contribution is 0.0666. The molecule has 3 aromatic rings. The van der Waals surface area contributed by atoms with E-state index in [0.29, 0.717) is 10.9 Å². The Morgan fingerprint density at radius 2 is 1.84 bits per heavy atom. The number of rotatable bonds is 5. The van der Waals surface area contributed by atoms with Crippen LogP contribution in [-0.2, 0) is 15.6 Å². The van der Waals surface area contributed by atoms with Crippen LogP contribution in [0.2, 0.25) is 0 Å². The molecule has 1 unspecified atom stereocenters. The molecule has 0 amide bonds. The fourth-order valence-electron chi connectivity index (χ4n) is 2.30. The van der Waals surface area contributed by atoms with Crippen LogP contribution >= 0.6 is 11.3 Å². The van der Waals surface area contributed by atoms with Gasteiger partial charge in [0.2, 0.25) is 10.0 Å². The van der Waals surface area contributed by atoms with Crippen LogP contribution < -0.4 is 4.72 Å². The van der Waals surface area contributed by atoms with Crippen LogP contribution in [0.15, 0.2) is 53.4 Å². The number of hydrogen-bond donors (Lipinski definition) is 2. The highest BCUT2D eigenvalue weighted by Crippen LogP contribution is 2.33. The molecule has 8 heteroatoms. The van der Waals surface area contributed by atoms with Gasteiger partial charge in [-0.25, -0.2) is 21.9 Å². The molecular formula is C17H15F2NO3S2. The zero-order chi connectivity index (χ0) is 18.2. The average molecular weight is 383 g/mol. The number of fused-ring (bicyclic) bond motifs is 1. The summed E-state index contributed by atoms with van der Waals surface area (Å²) in [4.78, 5) is 0.195. The molecule has 4 nitrogen and oxygen atoms in total. The highest BCUT2D eigenvalue weighted by atomic mass is 32.2. The van der Waals surface area contributed by atoms with Gasteiger partial charge in [-0.1, -0.05) is 18.2 Å². The van der Waals surface area contributed by atoms with Gasteiger partial charge in [-0.15, -0.1) is 11.3 Å². The first-order chi connectivity index (χ1) is 11.7. The highest BCUT2D eigenvalue weighted by Gasteiger charge is 2.28. The first-order valence-electron chi connectivity index (χ1n) is 7.35. The molecule has 132 valence electrons. The molecule has 1 heterocycles. The Kier molecular flexibility index (Phi) is 4.63. The van der Waals surface area contributed by atoms with Crippen molar-refractivity contribution in [2.75, 3.05) is 6.54 Å². The van der Waals surface area contributed by atoms with E-state index in [1.165, 1.54) is 18.3 Å². The van der Waals surface area contributed by atoms with Crippen molar-refractivity contribution < 1.29 is 22.3 Å². The van der Waals surface area contributed by atoms with E-state index in [0.717, 1.165) is 22.2 Å². The first-order valence-corrected chi connectivity index (χ1v) is 9.65. The van der Waals surface area contributed by atoms with Crippen LogP contribution in [0.5, 0.6) is 0 Å². The van der Waals surface area contributed by atoms with E-state index in [2.05, 4.69) is 4.72 Å². The second-order valence-corrected chi connectivity index (χ2v) is 8.67. The van der Waals surface area contributed by atoms with E-state index in [4.69, 9.17) is 0 Å². The third kappa shape index (κ3) is 3.72. The van der Waals surface area contributed by atoms with Crippen molar-refractivity contribution in [3.8, 4) is 0 Å². The molecule has 0 aliphatic rings. The lowest BCUT2D eigenvalue weighted by Crippen LogP contribution is -2.38. The van der Waals surface area contributed by atoms with Crippen LogP contribution in [0, 0.1) is 11.6 Å². The lowest BCUT2D eigenvalue weighted by atomic mass is 10.1. The molecule has 0 saturated carbocycles. The van der Waals surface area contributed by atoms with Gasteiger partial charge in [0.15, 0.2) is 11.6 Å². The summed E-state index contributed by atoms with van der Waals surface area (Å²) < 4.78 is 53.9. The molecule has 0 fully saturated rings. The van der Waals surface area contributed by atoms with E-state index < -0.39 is 32.2 Å². The molecule has 0 bridgehead atoms. The van der Waals surface area contributed by atoms with Crippen molar-refractivity contribution in [2.24, 2.45) is 0 Å². The normalized spacial score (nSPS) is 14.6. The van der Waals surface area contributed by atoms with Gasteiger partial charge in [0.25, 0.3) is 0 Å². The molecule has 0 radical (unpaired) electrons. The van der Waals surface area contributed by atoms with Gasteiger partial charge in [-0.2, -0.15) is 0 Å². The average Bonchev–Trinajstić information content (AvgIpc) is 3.01. The number of sulfonamides is 1. The van der Waals surface area contributed by atoms with Crippen molar-refractivity contribution in [3.05, 3.63) is 65.0 Å². The Morgan fingerprint density at radius 3 is 2.52 bits per heavy atom. The summed E-state index contributed by atoms with van der Waals surface area (Å²) in [5.74, 6) is -2.38. The second kappa shape index (κ2) is 6.45. The van der Waals surface area contributed by atoms with Gasteiger partial charge in [0.05, 0.1) is 4.90 Å². The number of nitrogens with one attached hydrogen (secondary N) is 1. The number of benzene rings is 2. The molecule has 0 spiro atoms. The molecule has 0 aliphatic carbocycles. The third-order valence-corrected chi connectivity index (χ3v) is 6.53. The van der Waals surface area contributed by atoms with Gasteiger partial charge >= 0.3 is 0 Å². The summed E-state index contributed by atoms with van der Waals surface area (Å²) in [6, 6.07) is 11.7. The Morgan fingerprint density at radius 1 is 1.12 bits per heavy atom. The molecule has 3 rings (SSSR count). The van der Waals surface area contributed by atoms with Crippen molar-refractivity contribution in [1.29, 1.82) is 0 Å². The first kappa shape index (κ1) is 17.9. The Bertz CT molecular complexity index is 996. The highest BCUT2D eigenvalue weighted by molar-refractivity contribution is 7.89. The molecular weight excluding hydrogens is 368 g/mol. The van der Waals surface area contributed by atoms with Crippen LogP contribution in [0.1, 0.15) is 11.8 Å². The monoisotopic (exact) mass is 383 g/mol. The number of halogens is 2. The minimum Gasteiger partial charge on any atom is -0.383 e. The molecule has 25 heavy (non-hydrogen) atoms. The summed E-state index contributed by atoms with van der Waals surface area (Å²) in [6.07, 6.45) is 0. The number of aliphatic hydroxyl groups is 1. The maximum atomic E-state index is 13.3. The molecule has 2 aromatic carbocycles. The maximum Gasteiger partial charge on any atom is 0.240 e. The summed E-state index contributed by atoms with van der Waals surface area (Å²) in [5.41, 5.74) is -1.45. The van der Waals surface area contributed by atoms with Gasteiger partial charge in [-0.05, 0) is 42.6 Å². The predicted molar refractivity (Wildman–Crippen MR) is 92.9 cm³/mol. The molecule has 1 atom stereocenters. The summed E-state index contributed by atoms with van der Waals surface area (Å²) >= 11 is 1.36. The Balaban J connectivity index is 1.81. The Hall–Kier alpha value is -1.87. The topological polar surface area (TPSA) is 66.4 Å². The zero-order valence-electron chi connectivity index (χ0n) is 13.2. The predicted octanol–water partition coefficient (Wildman–Crippen LogP) is 3.37.